The number of ether oxygens (including phenoxy) is 1. The lowest BCUT2D eigenvalue weighted by molar-refractivity contribution is -0.137. The zero-order chi connectivity index (χ0) is 26.3. The summed E-state index contributed by atoms with van der Waals surface area (Å²) < 4.78 is 101. The summed E-state index contributed by atoms with van der Waals surface area (Å²) in [4.78, 5) is 11.9. The highest BCUT2D eigenvalue weighted by Crippen LogP contribution is 2.57. The van der Waals surface area contributed by atoms with Gasteiger partial charge in [-0.3, -0.25) is 4.79 Å². The van der Waals surface area contributed by atoms with E-state index >= 15 is 4.39 Å². The fourth-order valence-corrected chi connectivity index (χ4v) is 7.79. The first-order valence-corrected chi connectivity index (χ1v) is 13.2. The lowest BCUT2D eigenvalue weighted by Gasteiger charge is -2.49. The van der Waals surface area contributed by atoms with Crippen LogP contribution in [0.15, 0.2) is 41.3 Å². The van der Waals surface area contributed by atoms with Crippen LogP contribution in [-0.4, -0.2) is 27.5 Å². The van der Waals surface area contributed by atoms with Crippen LogP contribution in [0.25, 0.3) is 0 Å². The second-order valence-corrected chi connectivity index (χ2v) is 11.6. The third-order valence-electron chi connectivity index (χ3n) is 7.13. The van der Waals surface area contributed by atoms with E-state index in [9.17, 15) is 30.8 Å². The maximum absolute atomic E-state index is 15.3. The van der Waals surface area contributed by atoms with Gasteiger partial charge in [-0.15, -0.1) is 0 Å². The minimum Gasteiger partial charge on any atom is -0.490 e. The molecule has 5 nitrogen and oxygen atoms in total. The molecule has 11 heteroatoms. The molecule has 196 valence electrons. The Labute approximate surface area is 205 Å². The van der Waals surface area contributed by atoms with E-state index < -0.39 is 60.1 Å². The van der Waals surface area contributed by atoms with E-state index in [0.717, 1.165) is 30.7 Å². The first-order chi connectivity index (χ1) is 16.9. The van der Waals surface area contributed by atoms with Crippen LogP contribution in [0.3, 0.4) is 0 Å². The molecule has 1 heterocycles. The quantitative estimate of drug-likeness (QED) is 0.509. The molecule has 1 saturated carbocycles. The summed E-state index contributed by atoms with van der Waals surface area (Å²) in [5.74, 6) is -3.63. The zero-order valence-corrected chi connectivity index (χ0v) is 20.3. The number of carbonyl (C=O) groups excluding carboxylic acids is 1. The van der Waals surface area contributed by atoms with Crippen molar-refractivity contribution in [1.82, 2.24) is 5.32 Å². The van der Waals surface area contributed by atoms with Gasteiger partial charge >= 0.3 is 6.18 Å². The van der Waals surface area contributed by atoms with E-state index in [1.807, 2.05) is 6.92 Å². The lowest BCUT2D eigenvalue weighted by Crippen LogP contribution is -2.52. The molecule has 1 N–H and O–H groups in total. The second-order valence-electron chi connectivity index (χ2n) is 9.35. The maximum atomic E-state index is 15.3. The Hall–Kier alpha value is -2.69. The van der Waals surface area contributed by atoms with Crippen molar-refractivity contribution in [2.24, 2.45) is 11.8 Å². The summed E-state index contributed by atoms with van der Waals surface area (Å²) >= 11 is 0. The summed E-state index contributed by atoms with van der Waals surface area (Å²) in [6, 6.07) is 4.68. The Kier molecular flexibility index (Phi) is 7.07. The molecule has 2 aromatic carbocycles. The number of hydrogen-bond acceptors (Lipinski definition) is 4. The van der Waals surface area contributed by atoms with Gasteiger partial charge in [0.2, 0.25) is 5.91 Å². The van der Waals surface area contributed by atoms with Crippen molar-refractivity contribution in [3.05, 3.63) is 59.2 Å². The van der Waals surface area contributed by atoms with E-state index in [4.69, 9.17) is 4.74 Å². The number of amides is 1. The predicted octanol–water partition coefficient (Wildman–Crippen LogP) is 5.38. The Morgan fingerprint density at radius 3 is 2.42 bits per heavy atom. The van der Waals surface area contributed by atoms with E-state index in [0.29, 0.717) is 18.7 Å². The molecule has 0 spiro atoms. The third kappa shape index (κ3) is 4.46. The summed E-state index contributed by atoms with van der Waals surface area (Å²) in [5.41, 5.74) is -1.46. The third-order valence-corrected chi connectivity index (χ3v) is 9.72. The molecule has 1 fully saturated rings. The smallest absolute Gasteiger partial charge is 0.416 e. The predicted molar refractivity (Wildman–Crippen MR) is 121 cm³/mol. The SMILES string of the molecule is CCCNC(=O)C[C@@H]1CC[C@@]2(S(=O)(=O)c3ccc(C(F)(F)F)cc3)c3c(F)ccc(F)c3OC[C@H]2C1. The van der Waals surface area contributed by atoms with Crippen LogP contribution < -0.4 is 10.1 Å². The van der Waals surface area contributed by atoms with Crippen LogP contribution in [0, 0.1) is 23.5 Å². The molecule has 1 aliphatic carbocycles. The Morgan fingerprint density at radius 1 is 1.11 bits per heavy atom. The largest absolute Gasteiger partial charge is 0.490 e. The summed E-state index contributed by atoms with van der Waals surface area (Å²) in [5, 5.41) is 2.78. The molecule has 1 amide bonds. The molecule has 0 bridgehead atoms. The second kappa shape index (κ2) is 9.64. The topological polar surface area (TPSA) is 72.5 Å². The normalized spacial score (nSPS) is 23.8. The molecule has 2 aromatic rings. The molecule has 4 rings (SSSR count). The number of rotatable bonds is 6. The molecule has 0 radical (unpaired) electrons. The number of alkyl halides is 3. The average molecular weight is 532 g/mol. The average Bonchev–Trinajstić information content (AvgIpc) is 2.83. The van der Waals surface area contributed by atoms with Crippen molar-refractivity contribution in [3.8, 4) is 5.75 Å². The summed E-state index contributed by atoms with van der Waals surface area (Å²) in [6.45, 7) is 2.17. The van der Waals surface area contributed by atoms with Gasteiger partial charge in [-0.1, -0.05) is 6.92 Å². The van der Waals surface area contributed by atoms with Gasteiger partial charge < -0.3 is 10.1 Å². The minimum absolute atomic E-state index is 0.135. The number of hydrogen-bond donors (Lipinski definition) is 1. The number of carbonyl (C=O) groups is 1. The monoisotopic (exact) mass is 531 g/mol. The lowest BCUT2D eigenvalue weighted by atomic mass is 9.68. The van der Waals surface area contributed by atoms with Gasteiger partial charge in [-0.05, 0) is 68.0 Å². The number of sulfone groups is 1. The number of fused-ring (bicyclic) bond motifs is 3. The fourth-order valence-electron chi connectivity index (χ4n) is 5.42. The van der Waals surface area contributed by atoms with Crippen molar-refractivity contribution in [1.29, 1.82) is 0 Å². The van der Waals surface area contributed by atoms with Gasteiger partial charge in [0, 0.05) is 18.9 Å². The van der Waals surface area contributed by atoms with Crippen molar-refractivity contribution >= 4 is 15.7 Å². The van der Waals surface area contributed by atoms with Crippen LogP contribution >= 0.6 is 0 Å². The number of halogens is 5. The zero-order valence-electron chi connectivity index (χ0n) is 19.5. The van der Waals surface area contributed by atoms with Crippen molar-refractivity contribution in [2.45, 2.75) is 54.8 Å². The van der Waals surface area contributed by atoms with E-state index in [1.54, 1.807) is 0 Å². The number of nitrogens with one attached hydrogen (secondary N) is 1. The molecule has 1 aliphatic heterocycles. The van der Waals surface area contributed by atoms with Crippen molar-refractivity contribution in [3.63, 3.8) is 0 Å². The summed E-state index contributed by atoms with van der Waals surface area (Å²) in [6.07, 6.45) is -3.49. The van der Waals surface area contributed by atoms with Gasteiger partial charge in [-0.25, -0.2) is 17.2 Å². The van der Waals surface area contributed by atoms with E-state index in [1.165, 1.54) is 0 Å². The van der Waals surface area contributed by atoms with Crippen molar-refractivity contribution < 1.29 is 39.9 Å². The fraction of sp³-hybridized carbons (Fsp3) is 0.480. The Bertz CT molecular complexity index is 1250. The van der Waals surface area contributed by atoms with Crippen LogP contribution in [0.1, 0.15) is 50.2 Å². The molecule has 3 atom stereocenters. The van der Waals surface area contributed by atoms with Gasteiger partial charge in [0.25, 0.3) is 0 Å². The van der Waals surface area contributed by atoms with Gasteiger partial charge in [0.1, 0.15) is 10.6 Å². The first-order valence-electron chi connectivity index (χ1n) is 11.7. The molecule has 2 aliphatic rings. The minimum atomic E-state index is -4.67. The van der Waals surface area contributed by atoms with Gasteiger partial charge in [0.15, 0.2) is 21.4 Å². The van der Waals surface area contributed by atoms with Crippen molar-refractivity contribution in [2.75, 3.05) is 13.2 Å². The van der Waals surface area contributed by atoms with Crippen LogP contribution in [-0.2, 0) is 25.6 Å². The highest BCUT2D eigenvalue weighted by Gasteiger charge is 2.59. The first kappa shape index (κ1) is 26.4. The molecule has 0 aromatic heterocycles. The van der Waals surface area contributed by atoms with E-state index in [2.05, 4.69) is 5.32 Å². The standard InChI is InChI=1S/C25H26F5NO4S/c1-2-11-31-21(32)13-15-9-10-24(36(33,34)18-5-3-16(4-6-18)25(28,29)30)17(12-15)14-35-23-20(27)8-7-19(26)22(23)24/h3-8,15,17H,2,9-14H2,1H3,(H,31,32)/t15-,17-,24+/m1/s1. The molecular weight excluding hydrogens is 505 g/mol. The molecule has 36 heavy (non-hydrogen) atoms. The van der Waals surface area contributed by atoms with Gasteiger partial charge in [-0.2, -0.15) is 13.2 Å². The maximum Gasteiger partial charge on any atom is 0.416 e. The molecule has 0 unspecified atom stereocenters. The summed E-state index contributed by atoms with van der Waals surface area (Å²) in [7, 11) is -4.52. The Morgan fingerprint density at radius 2 is 1.78 bits per heavy atom. The van der Waals surface area contributed by atoms with E-state index in [-0.39, 0.29) is 44.1 Å². The Balaban J connectivity index is 1.79. The van der Waals surface area contributed by atoms with Crippen LogP contribution in [0.5, 0.6) is 5.75 Å². The van der Waals surface area contributed by atoms with Crippen LogP contribution in [0.4, 0.5) is 22.0 Å². The molecule has 0 saturated heterocycles. The van der Waals surface area contributed by atoms with Gasteiger partial charge in [0.05, 0.1) is 22.6 Å². The van der Waals surface area contributed by atoms with Crippen LogP contribution in [0.2, 0.25) is 0 Å². The number of benzene rings is 2. The highest BCUT2D eigenvalue weighted by molar-refractivity contribution is 7.92. The highest BCUT2D eigenvalue weighted by atomic mass is 32.2. The molecular formula is C25H26F5NO4S.